The van der Waals surface area contributed by atoms with Crippen LogP contribution in [-0.2, 0) is 48.5 Å². The lowest BCUT2D eigenvalue weighted by Gasteiger charge is -2.50. The van der Waals surface area contributed by atoms with Crippen LogP contribution in [0.4, 0.5) is 11.4 Å². The highest BCUT2D eigenvalue weighted by Gasteiger charge is 2.51. The minimum atomic E-state index is -4.00. The van der Waals surface area contributed by atoms with Crippen LogP contribution in [0.3, 0.4) is 0 Å². The van der Waals surface area contributed by atoms with E-state index in [-0.39, 0.29) is 70.1 Å². The Bertz CT molecular complexity index is 3740. The Morgan fingerprint density at radius 1 is 0.663 bits per heavy atom. The zero-order valence-electron chi connectivity index (χ0n) is 53.8. The van der Waals surface area contributed by atoms with E-state index in [4.69, 9.17) is 32.7 Å². The van der Waals surface area contributed by atoms with Crippen LogP contribution in [0.5, 0.6) is 11.5 Å². The van der Waals surface area contributed by atoms with Crippen molar-refractivity contribution in [2.45, 2.75) is 157 Å². The number of benzene rings is 4. The summed E-state index contributed by atoms with van der Waals surface area (Å²) in [5.41, 5.74) is 3.33. The van der Waals surface area contributed by atoms with Crippen molar-refractivity contribution in [3.63, 3.8) is 0 Å². The summed E-state index contributed by atoms with van der Waals surface area (Å²) in [7, 11) is -8.00. The highest BCUT2D eigenvalue weighted by atomic mass is 35.5. The maximum atomic E-state index is 13.5. The minimum Gasteiger partial charge on any atom is -0.490 e. The molecule has 4 aromatic rings. The Kier molecular flexibility index (Phi) is 19.9. The summed E-state index contributed by atoms with van der Waals surface area (Å²) < 4.78 is 71.0. The fraction of sp³-hybridized carbons (Fsp3) is 0.563. The van der Waals surface area contributed by atoms with E-state index in [2.05, 4.69) is 56.2 Å². The van der Waals surface area contributed by atoms with Gasteiger partial charge >= 0.3 is 0 Å². The van der Waals surface area contributed by atoms with Crippen LogP contribution < -0.4 is 28.7 Å². The number of aldehydes is 1. The van der Waals surface area contributed by atoms with Crippen LogP contribution in [0, 0.1) is 35.5 Å². The van der Waals surface area contributed by atoms with Crippen LogP contribution in [0.25, 0.3) is 0 Å². The average molecular weight is 1340 g/mol. The molecule has 4 bridgehead atoms. The zero-order valence-corrected chi connectivity index (χ0v) is 56.9. The number of amides is 2. The molecule has 92 heavy (non-hydrogen) atoms. The molecule has 4 heterocycles. The maximum Gasteiger partial charge on any atom is 0.264 e. The topological polar surface area (TPSA) is 232 Å². The number of hydrogen-bond acceptors (Lipinski definition) is 15. The summed E-state index contributed by atoms with van der Waals surface area (Å²) in [6.45, 7) is 15.1. The van der Waals surface area contributed by atoms with Crippen molar-refractivity contribution >= 4 is 72.7 Å². The molecule has 5 N–H and O–H groups in total. The Morgan fingerprint density at radius 2 is 1.13 bits per heavy atom. The molecule has 2 spiro atoms. The van der Waals surface area contributed by atoms with Gasteiger partial charge in [-0.15, -0.1) is 0 Å². The van der Waals surface area contributed by atoms with Gasteiger partial charge in [-0.2, -0.15) is 0 Å². The molecule has 498 valence electrons. The molecule has 4 aliphatic carbocycles. The van der Waals surface area contributed by atoms with Crippen molar-refractivity contribution in [3.05, 3.63) is 141 Å². The monoisotopic (exact) mass is 1340 g/mol. The van der Waals surface area contributed by atoms with E-state index in [1.807, 2.05) is 37.3 Å². The second-order valence-corrected chi connectivity index (χ2v) is 33.3. The first kappa shape index (κ1) is 67.9. The normalized spacial score (nSPS) is 33.1. The van der Waals surface area contributed by atoms with Gasteiger partial charge in [0.15, 0.2) is 6.29 Å². The number of carbonyl (C=O) groups excluding carboxylic acids is 3. The first-order valence-electron chi connectivity index (χ1n) is 33.0. The van der Waals surface area contributed by atoms with Gasteiger partial charge in [0.25, 0.3) is 11.8 Å². The van der Waals surface area contributed by atoms with Gasteiger partial charge in [-0.05, 0) is 223 Å². The van der Waals surface area contributed by atoms with E-state index in [0.29, 0.717) is 105 Å². The number of hydrogen-bond donors (Lipinski definition) is 5. The summed E-state index contributed by atoms with van der Waals surface area (Å²) in [4.78, 5) is 45.9. The zero-order chi connectivity index (χ0) is 65.7. The third-order valence-electron chi connectivity index (χ3n) is 22.2. The smallest absolute Gasteiger partial charge is 0.264 e. The van der Waals surface area contributed by atoms with Gasteiger partial charge in [0.2, 0.25) is 20.0 Å². The number of rotatable bonds is 6. The van der Waals surface area contributed by atoms with Gasteiger partial charge in [0, 0.05) is 83.2 Å². The van der Waals surface area contributed by atoms with E-state index in [1.165, 1.54) is 28.3 Å². The highest BCUT2D eigenvalue weighted by molar-refractivity contribution is 7.91. The Morgan fingerprint density at radius 3 is 1.57 bits per heavy atom. The third kappa shape index (κ3) is 13.7. The first-order chi connectivity index (χ1) is 43.7. The maximum absolute atomic E-state index is 13.5. The number of aliphatic hydroxyl groups is 3. The molecule has 12 atom stereocenters. The third-order valence-corrected chi connectivity index (χ3v) is 26.5. The van der Waals surface area contributed by atoms with E-state index >= 15 is 0 Å². The molecular formula is C71H91Cl2N5O12S2. The average Bonchev–Trinajstić information content (AvgIpc) is 1.47. The van der Waals surface area contributed by atoms with Crippen molar-refractivity contribution in [2.75, 3.05) is 68.9 Å². The molecule has 21 heteroatoms. The van der Waals surface area contributed by atoms with Crippen LogP contribution in [0.2, 0.25) is 10.0 Å². The number of anilines is 2. The number of allylic oxidation sites excluding steroid dienone is 2. The molecule has 12 rings (SSSR count). The molecule has 0 aromatic heterocycles. The molecular weight excluding hydrogens is 1250 g/mol. The second-order valence-electron chi connectivity index (χ2n) is 28.3. The number of nitrogens with zero attached hydrogens (tertiary/aromatic N) is 3. The summed E-state index contributed by atoms with van der Waals surface area (Å²) in [5, 5.41) is 33.6. The van der Waals surface area contributed by atoms with Crippen LogP contribution in [0.1, 0.15) is 149 Å². The molecule has 2 amide bonds. The standard InChI is InChI=1S/C38H52ClN3O6S.C33H39ClN2O6S/c1-25(2)41(17-18-43)23-38(45)16-5-7-26(3)27(4)49(46,47)40-36(44)29-10-14-35-34(20-29)42(21-30-9-12-33(30)38)22-37(24-48-35)15-6-8-28-19-31(39)11-13-32(28)37;1-21-5-3-14-33(39,19-37)28-10-7-25(28)17-36-18-32(13-4-6-23-15-26(34)9-11-27(23)32)20-42-30-12-8-24(16-29(30)36)31(38)35-43(40,41)22(21)2/h5,10-11,13-14,16,19-20,25-27,30,33,43,45H,6-9,12,15,17-18,21-24H2,1-4H3,(H,40,44);3,8-9,11-12,14-16,19,21-22,25,28,39H,4-7,10,13,17-18,20H2,1-2H3,(H,35,38)/b16-5+;14-3+/t26-,27+,30-,33+,37-,38+;21-,22+,25-,28+,32-,33+/m00/s1. The number of ether oxygens (including phenoxy) is 2. The minimum absolute atomic E-state index is 0.00807. The Labute approximate surface area is 553 Å². The number of nitrogens with one attached hydrogen (secondary N) is 2. The fourth-order valence-corrected chi connectivity index (χ4v) is 18.9. The summed E-state index contributed by atoms with van der Waals surface area (Å²) in [6, 6.07) is 22.6. The van der Waals surface area contributed by atoms with Gasteiger partial charge in [-0.25, -0.2) is 26.3 Å². The van der Waals surface area contributed by atoms with Crippen molar-refractivity contribution in [3.8, 4) is 11.5 Å². The van der Waals surface area contributed by atoms with Gasteiger partial charge in [0.1, 0.15) is 17.1 Å². The second kappa shape index (κ2) is 26.9. The molecule has 2 saturated carbocycles. The molecule has 0 radical (unpaired) electrons. The lowest BCUT2D eigenvalue weighted by atomic mass is 9.63. The van der Waals surface area contributed by atoms with E-state index in [1.54, 1.807) is 63.2 Å². The number of fused-ring (bicyclic) bond motifs is 8. The largest absolute Gasteiger partial charge is 0.490 e. The van der Waals surface area contributed by atoms with Crippen molar-refractivity contribution in [1.29, 1.82) is 0 Å². The number of aliphatic hydroxyl groups excluding tert-OH is 1. The highest BCUT2D eigenvalue weighted by Crippen LogP contribution is 2.51. The van der Waals surface area contributed by atoms with Crippen LogP contribution >= 0.6 is 23.2 Å². The quantitative estimate of drug-likeness (QED) is 0.0893. The molecule has 0 unspecified atom stereocenters. The van der Waals surface area contributed by atoms with E-state index < -0.39 is 53.6 Å². The summed E-state index contributed by atoms with van der Waals surface area (Å²) >= 11 is 12.8. The molecule has 8 aliphatic rings. The number of carbonyl (C=O) groups is 3. The molecule has 0 saturated heterocycles. The molecule has 2 fully saturated rings. The summed E-state index contributed by atoms with van der Waals surface area (Å²) in [6.07, 6.45) is 17.5. The predicted molar refractivity (Wildman–Crippen MR) is 360 cm³/mol. The Balaban J connectivity index is 0.000000190. The van der Waals surface area contributed by atoms with Gasteiger partial charge in [-0.1, -0.05) is 67.4 Å². The van der Waals surface area contributed by atoms with Crippen molar-refractivity contribution < 1.29 is 56.0 Å². The SMILES string of the molecule is CC(C)N(CCO)C[C@]1(O)/C=C/C[C@H](C)[C@@H](C)S(=O)(=O)NC(=O)c2ccc3c(c2)N(C[C@@H]2CC[C@H]21)C[C@@]1(CCCc2cc(Cl)ccc21)CO3.C[C@@H]1[C@@H](C)C/C=C/[C@@](O)(C=O)[C@@H]2CC[C@H]2CN2C[C@@]3(CCCc4cc(Cl)ccc43)COc3ccc(cc32)C(=O)NS1(=O)=O. The number of sulfonamides is 2. The fourth-order valence-electron chi connectivity index (χ4n) is 16.0. The molecule has 4 aromatic carbocycles. The summed E-state index contributed by atoms with van der Waals surface area (Å²) in [5.74, 6) is -0.902. The van der Waals surface area contributed by atoms with Crippen molar-refractivity contribution in [2.24, 2.45) is 35.5 Å². The van der Waals surface area contributed by atoms with Gasteiger partial charge in [-0.3, -0.25) is 19.3 Å². The van der Waals surface area contributed by atoms with E-state index in [9.17, 15) is 46.5 Å². The van der Waals surface area contributed by atoms with Crippen molar-refractivity contribution in [1.82, 2.24) is 14.3 Å². The predicted octanol–water partition coefficient (Wildman–Crippen LogP) is 10.1. The van der Waals surface area contributed by atoms with Gasteiger partial charge < -0.3 is 34.6 Å². The van der Waals surface area contributed by atoms with Crippen LogP contribution in [0.15, 0.2) is 97.1 Å². The first-order valence-corrected chi connectivity index (χ1v) is 36.9. The lowest BCUT2D eigenvalue weighted by molar-refractivity contribution is -0.130. The lowest BCUT2D eigenvalue weighted by Crippen LogP contribution is -2.57. The van der Waals surface area contributed by atoms with Gasteiger partial charge in [0.05, 0.1) is 47.3 Å². The number of aryl methyl sites for hydroxylation is 2. The molecule has 17 nitrogen and oxygen atoms in total. The number of halogens is 2. The van der Waals surface area contributed by atoms with E-state index in [0.717, 1.165) is 63.5 Å². The molecule has 4 aliphatic heterocycles. The Hall–Kier alpha value is -5.51. The van der Waals surface area contributed by atoms with Crippen LogP contribution in [-0.4, -0.2) is 142 Å².